The molecule has 0 radical (unpaired) electrons. The number of aliphatic hydroxyl groups is 1. The number of likely N-dealkylation sites (N-methyl/N-ethyl adjacent to an activating group) is 1. The molecule has 4 atom stereocenters. The topological polar surface area (TPSA) is 113 Å². The molecule has 2 aromatic rings. The lowest BCUT2D eigenvalue weighted by molar-refractivity contribution is -0.0115. The molecule has 0 spiro atoms. The average Bonchev–Trinajstić information content (AvgIpc) is 3.45. The van der Waals surface area contributed by atoms with Gasteiger partial charge in [0.15, 0.2) is 11.5 Å². The summed E-state index contributed by atoms with van der Waals surface area (Å²) in [5.74, 6) is 1.40. The van der Waals surface area contributed by atoms with Gasteiger partial charge in [0.2, 0.25) is 6.79 Å². The fourth-order valence-electron chi connectivity index (χ4n) is 5.20. The van der Waals surface area contributed by atoms with Crippen LogP contribution in [0.25, 0.3) is 0 Å². The van der Waals surface area contributed by atoms with E-state index in [0.29, 0.717) is 48.2 Å². The summed E-state index contributed by atoms with van der Waals surface area (Å²) >= 11 is 0. The predicted molar refractivity (Wildman–Crippen MR) is 165 cm³/mol. The van der Waals surface area contributed by atoms with Crippen LogP contribution in [-0.4, -0.2) is 99.3 Å². The van der Waals surface area contributed by atoms with Crippen LogP contribution in [0.3, 0.4) is 0 Å². The summed E-state index contributed by atoms with van der Waals surface area (Å²) in [5.41, 5.74) is 1.94. The SMILES string of the molecule is C[C@@H]1CN([C@@H](C)CO)C(=O)c2cc(N(C)C)ccc2O[C@@H](C)CCCCO[C@@H]1CN(C)C(=O)Nc1ccc2c(c1)OCO2. The molecule has 4 rings (SSSR count). The van der Waals surface area contributed by atoms with E-state index >= 15 is 0 Å². The van der Waals surface area contributed by atoms with Gasteiger partial charge in [0.05, 0.1) is 30.4 Å². The van der Waals surface area contributed by atoms with Crippen molar-refractivity contribution in [1.29, 1.82) is 0 Å². The molecular weight excluding hydrogens is 552 g/mol. The largest absolute Gasteiger partial charge is 0.490 e. The molecule has 0 aliphatic carbocycles. The van der Waals surface area contributed by atoms with E-state index in [0.717, 1.165) is 24.9 Å². The molecule has 0 saturated heterocycles. The Kier molecular flexibility index (Phi) is 11.0. The maximum atomic E-state index is 14.1. The third kappa shape index (κ3) is 8.23. The second-order valence-electron chi connectivity index (χ2n) is 11.8. The molecule has 0 unspecified atom stereocenters. The first kappa shape index (κ1) is 32.2. The standard InChI is InChI=1S/C32H46N4O7/c1-21-17-36(22(2)19-37)31(38)26-16-25(34(4)5)11-13-27(26)43-23(3)9-7-8-14-40-30(21)18-35(6)32(39)33-24-10-12-28-29(15-24)42-20-41-28/h10-13,15-16,21-23,30,37H,7-9,14,17-20H2,1-6H3,(H,33,39)/t21-,22+,23+,30-/m1/s1. The van der Waals surface area contributed by atoms with Crippen molar-refractivity contribution in [2.75, 3.05) is 64.5 Å². The number of aliphatic hydroxyl groups excluding tert-OH is 1. The van der Waals surface area contributed by atoms with Crippen LogP contribution >= 0.6 is 0 Å². The molecular formula is C32H46N4O7. The quantitative estimate of drug-likeness (QED) is 0.502. The second kappa shape index (κ2) is 14.7. The molecule has 11 nitrogen and oxygen atoms in total. The summed E-state index contributed by atoms with van der Waals surface area (Å²) in [6, 6.07) is 10.2. The van der Waals surface area contributed by atoms with E-state index in [1.165, 1.54) is 0 Å². The molecule has 2 aliphatic heterocycles. The minimum atomic E-state index is -0.441. The summed E-state index contributed by atoms with van der Waals surface area (Å²) in [6.07, 6.45) is 2.10. The first-order valence-corrected chi connectivity index (χ1v) is 15.0. The van der Waals surface area contributed by atoms with E-state index in [1.807, 2.05) is 58.0 Å². The minimum Gasteiger partial charge on any atom is -0.490 e. The Balaban J connectivity index is 1.55. The van der Waals surface area contributed by atoms with E-state index in [2.05, 4.69) is 5.32 Å². The molecule has 236 valence electrons. The summed E-state index contributed by atoms with van der Waals surface area (Å²) in [6.45, 7) is 6.97. The van der Waals surface area contributed by atoms with Gasteiger partial charge in [-0.05, 0) is 63.4 Å². The van der Waals surface area contributed by atoms with Crippen molar-refractivity contribution >= 4 is 23.3 Å². The maximum Gasteiger partial charge on any atom is 0.321 e. The molecule has 3 amide bonds. The molecule has 2 aliphatic rings. The Morgan fingerprint density at radius 2 is 1.81 bits per heavy atom. The number of nitrogens with one attached hydrogen (secondary N) is 1. The number of carbonyl (C=O) groups is 2. The number of nitrogens with zero attached hydrogens (tertiary/aromatic N) is 3. The maximum absolute atomic E-state index is 14.1. The van der Waals surface area contributed by atoms with Gasteiger partial charge in [-0.2, -0.15) is 0 Å². The van der Waals surface area contributed by atoms with E-state index in [4.69, 9.17) is 18.9 Å². The van der Waals surface area contributed by atoms with Gasteiger partial charge in [-0.15, -0.1) is 0 Å². The van der Waals surface area contributed by atoms with Crippen molar-refractivity contribution in [3.63, 3.8) is 0 Å². The highest BCUT2D eigenvalue weighted by atomic mass is 16.7. The number of hydrogen-bond acceptors (Lipinski definition) is 8. The van der Waals surface area contributed by atoms with Crippen LogP contribution in [-0.2, 0) is 4.74 Å². The number of anilines is 2. The fraction of sp³-hybridized carbons (Fsp3) is 0.562. The molecule has 0 bridgehead atoms. The van der Waals surface area contributed by atoms with Gasteiger partial charge >= 0.3 is 6.03 Å². The van der Waals surface area contributed by atoms with Crippen molar-refractivity contribution in [2.24, 2.45) is 5.92 Å². The Morgan fingerprint density at radius 1 is 1.07 bits per heavy atom. The lowest BCUT2D eigenvalue weighted by atomic mass is 10.0. The van der Waals surface area contributed by atoms with Crippen molar-refractivity contribution in [3.8, 4) is 17.2 Å². The van der Waals surface area contributed by atoms with Crippen LogP contribution in [0, 0.1) is 5.92 Å². The summed E-state index contributed by atoms with van der Waals surface area (Å²) in [7, 11) is 5.58. The zero-order valence-electron chi connectivity index (χ0n) is 26.2. The first-order chi connectivity index (χ1) is 20.6. The molecule has 11 heteroatoms. The third-order valence-corrected chi connectivity index (χ3v) is 7.98. The monoisotopic (exact) mass is 598 g/mol. The van der Waals surface area contributed by atoms with Gasteiger partial charge in [0, 0.05) is 64.2 Å². The highest BCUT2D eigenvalue weighted by molar-refractivity contribution is 5.98. The van der Waals surface area contributed by atoms with Crippen molar-refractivity contribution in [2.45, 2.75) is 58.3 Å². The van der Waals surface area contributed by atoms with Crippen LogP contribution in [0.5, 0.6) is 17.2 Å². The molecule has 2 N–H and O–H groups in total. The summed E-state index contributed by atoms with van der Waals surface area (Å²) in [5, 5.41) is 13.0. The third-order valence-electron chi connectivity index (χ3n) is 7.98. The number of urea groups is 1. The number of ether oxygens (including phenoxy) is 4. The highest BCUT2D eigenvalue weighted by Gasteiger charge is 2.31. The summed E-state index contributed by atoms with van der Waals surface area (Å²) < 4.78 is 23.4. The second-order valence-corrected chi connectivity index (χ2v) is 11.8. The lowest BCUT2D eigenvalue weighted by Crippen LogP contribution is -2.48. The zero-order chi connectivity index (χ0) is 31.1. The van der Waals surface area contributed by atoms with E-state index < -0.39 is 6.04 Å². The number of benzene rings is 2. The van der Waals surface area contributed by atoms with Crippen LogP contribution in [0.2, 0.25) is 0 Å². The van der Waals surface area contributed by atoms with Gasteiger partial charge in [-0.3, -0.25) is 4.79 Å². The van der Waals surface area contributed by atoms with Crippen molar-refractivity contribution < 1.29 is 33.6 Å². The Hall–Kier alpha value is -3.70. The molecule has 2 aromatic carbocycles. The Morgan fingerprint density at radius 3 is 2.56 bits per heavy atom. The van der Waals surface area contributed by atoms with Crippen LogP contribution < -0.4 is 24.4 Å². The number of amides is 3. The van der Waals surface area contributed by atoms with E-state index in [-0.39, 0.29) is 43.5 Å². The number of fused-ring (bicyclic) bond motifs is 2. The fourth-order valence-corrected chi connectivity index (χ4v) is 5.20. The average molecular weight is 599 g/mol. The highest BCUT2D eigenvalue weighted by Crippen LogP contribution is 2.34. The van der Waals surface area contributed by atoms with Crippen molar-refractivity contribution in [3.05, 3.63) is 42.0 Å². The van der Waals surface area contributed by atoms with Gasteiger partial charge in [-0.25, -0.2) is 4.79 Å². The smallest absolute Gasteiger partial charge is 0.321 e. The molecule has 43 heavy (non-hydrogen) atoms. The minimum absolute atomic E-state index is 0.0934. The Labute approximate surface area is 254 Å². The van der Waals surface area contributed by atoms with Gasteiger partial charge < -0.3 is 44.1 Å². The van der Waals surface area contributed by atoms with Gasteiger partial charge in [0.1, 0.15) is 5.75 Å². The van der Waals surface area contributed by atoms with Gasteiger partial charge in [-0.1, -0.05) is 6.92 Å². The molecule has 0 aromatic heterocycles. The van der Waals surface area contributed by atoms with Crippen LogP contribution in [0.4, 0.5) is 16.2 Å². The lowest BCUT2D eigenvalue weighted by Gasteiger charge is -2.36. The van der Waals surface area contributed by atoms with Gasteiger partial charge in [0.25, 0.3) is 5.91 Å². The first-order valence-electron chi connectivity index (χ1n) is 15.0. The van der Waals surface area contributed by atoms with E-state index in [9.17, 15) is 14.7 Å². The Bertz CT molecular complexity index is 1260. The normalized spacial score (nSPS) is 21.7. The molecule has 0 saturated carbocycles. The number of carbonyl (C=O) groups excluding carboxylic acids is 2. The predicted octanol–water partition coefficient (Wildman–Crippen LogP) is 4.44. The van der Waals surface area contributed by atoms with E-state index in [1.54, 1.807) is 35.0 Å². The molecule has 2 heterocycles. The zero-order valence-corrected chi connectivity index (χ0v) is 26.2. The summed E-state index contributed by atoms with van der Waals surface area (Å²) in [4.78, 5) is 32.5. The van der Waals surface area contributed by atoms with Crippen LogP contribution in [0.15, 0.2) is 36.4 Å². The van der Waals surface area contributed by atoms with Crippen molar-refractivity contribution in [1.82, 2.24) is 9.80 Å². The number of hydrogen-bond donors (Lipinski definition) is 2. The van der Waals surface area contributed by atoms with Crippen LogP contribution in [0.1, 0.15) is 50.4 Å². The molecule has 0 fully saturated rings. The number of rotatable bonds is 6.